The van der Waals surface area contributed by atoms with Crippen LogP contribution in [0.2, 0.25) is 5.02 Å². The molecule has 21 heavy (non-hydrogen) atoms. The van der Waals surface area contributed by atoms with Gasteiger partial charge in [-0.05, 0) is 30.3 Å². The summed E-state index contributed by atoms with van der Waals surface area (Å²) in [4.78, 5) is 4.33. The summed E-state index contributed by atoms with van der Waals surface area (Å²) in [5.41, 5.74) is 0.583. The first-order valence-electron chi connectivity index (χ1n) is 6.28. The predicted molar refractivity (Wildman–Crippen MR) is 79.3 cm³/mol. The van der Waals surface area contributed by atoms with Gasteiger partial charge in [0, 0.05) is 15.8 Å². The van der Waals surface area contributed by atoms with Crippen LogP contribution in [0.25, 0.3) is 5.70 Å². The van der Waals surface area contributed by atoms with E-state index in [-0.39, 0.29) is 11.4 Å². The number of hydrogen-bond donors (Lipinski definition) is 1. The average Bonchev–Trinajstić information content (AvgIpc) is 2.48. The topological polar surface area (TPSA) is 35.8 Å². The van der Waals surface area contributed by atoms with Crippen molar-refractivity contribution >= 4 is 28.9 Å². The van der Waals surface area contributed by atoms with Crippen molar-refractivity contribution < 1.29 is 9.60 Å². The van der Waals surface area contributed by atoms with Crippen LogP contribution in [0.15, 0.2) is 47.5 Å². The highest BCUT2D eigenvalue weighted by molar-refractivity contribution is 6.30. The number of benzene rings is 2. The van der Waals surface area contributed by atoms with E-state index in [4.69, 9.17) is 23.2 Å². The highest BCUT2D eigenvalue weighted by Crippen LogP contribution is 2.22. The van der Waals surface area contributed by atoms with Gasteiger partial charge in [-0.25, -0.2) is 9.45 Å². The number of halogens is 3. The van der Waals surface area contributed by atoms with Gasteiger partial charge in [-0.15, -0.1) is 11.6 Å². The Hall–Kier alpha value is -1.62. The van der Waals surface area contributed by atoms with Gasteiger partial charge in [0.15, 0.2) is 6.17 Å². The lowest BCUT2D eigenvalue weighted by molar-refractivity contribution is -0.0603. The van der Waals surface area contributed by atoms with Gasteiger partial charge in [0.2, 0.25) is 0 Å². The molecule has 0 bridgehead atoms. The molecule has 1 heterocycles. The Bertz CT molecular complexity index is 810. The molecule has 0 saturated carbocycles. The second-order valence-electron chi connectivity index (χ2n) is 4.60. The molecule has 2 aromatic carbocycles. The van der Waals surface area contributed by atoms with Crippen LogP contribution in [0.4, 0.5) is 4.39 Å². The summed E-state index contributed by atoms with van der Waals surface area (Å²) >= 11 is 11.8. The number of nitrogens with zero attached hydrogens (tertiary/aromatic N) is 2. The molecule has 0 radical (unpaired) electrons. The van der Waals surface area contributed by atoms with E-state index in [1.165, 1.54) is 6.07 Å². The van der Waals surface area contributed by atoms with Crippen molar-refractivity contribution in [2.45, 2.75) is 6.17 Å². The maximum absolute atomic E-state index is 14.1. The molecule has 2 aromatic rings. The summed E-state index contributed by atoms with van der Waals surface area (Å²) in [5, 5.41) is 12.9. The second-order valence-corrected chi connectivity index (χ2v) is 5.34. The van der Waals surface area contributed by atoms with Crippen molar-refractivity contribution in [1.29, 1.82) is 0 Å². The van der Waals surface area contributed by atoms with Crippen LogP contribution in [0.1, 0.15) is 5.56 Å². The Labute approximate surface area is 130 Å². The molecule has 1 aliphatic heterocycles. The maximum atomic E-state index is 14.1. The Morgan fingerprint density at radius 2 is 2.00 bits per heavy atom. The van der Waals surface area contributed by atoms with Crippen LogP contribution in [-0.2, 0) is 0 Å². The van der Waals surface area contributed by atoms with Gasteiger partial charge in [0.1, 0.15) is 5.82 Å². The highest BCUT2D eigenvalue weighted by Gasteiger charge is 2.25. The zero-order chi connectivity index (χ0) is 15.0. The monoisotopic (exact) mass is 324 g/mol. The third-order valence-corrected chi connectivity index (χ3v) is 3.79. The van der Waals surface area contributed by atoms with E-state index in [1.54, 1.807) is 36.4 Å². The Morgan fingerprint density at radius 1 is 1.24 bits per heavy atom. The van der Waals surface area contributed by atoms with Gasteiger partial charge in [-0.1, -0.05) is 23.7 Å². The fraction of sp³-hybridized carbons (Fsp3) is 0.133. The summed E-state index contributed by atoms with van der Waals surface area (Å²) in [6.07, 6.45) is -0.671. The van der Waals surface area contributed by atoms with Gasteiger partial charge in [-0.2, -0.15) is 0 Å². The molecule has 3 nitrogen and oxygen atoms in total. The highest BCUT2D eigenvalue weighted by atomic mass is 35.5. The summed E-state index contributed by atoms with van der Waals surface area (Å²) in [6, 6.07) is 11.3. The summed E-state index contributed by atoms with van der Waals surface area (Å²) < 4.78 is 14.1. The quantitative estimate of drug-likeness (QED) is 0.862. The van der Waals surface area contributed by atoms with E-state index in [0.29, 0.717) is 21.3 Å². The first kappa shape index (κ1) is 14.3. The minimum absolute atomic E-state index is 0.0799. The van der Waals surface area contributed by atoms with Crippen LogP contribution in [-0.4, -0.2) is 22.3 Å². The molecule has 0 aliphatic carbocycles. The van der Waals surface area contributed by atoms with Crippen molar-refractivity contribution in [1.82, 2.24) is 5.06 Å². The van der Waals surface area contributed by atoms with Crippen molar-refractivity contribution in [3.05, 3.63) is 69.4 Å². The van der Waals surface area contributed by atoms with Gasteiger partial charge in [-0.3, -0.25) is 10.2 Å². The first-order chi connectivity index (χ1) is 10.1. The van der Waals surface area contributed by atoms with Crippen molar-refractivity contribution in [2.75, 3.05) is 5.88 Å². The van der Waals surface area contributed by atoms with Crippen LogP contribution in [0.3, 0.4) is 0 Å². The SMILES string of the molecule is ON1C(c2ccccc2F)=c2cc(Cl)ccc2=NC1CCl. The first-order valence-corrected chi connectivity index (χ1v) is 7.19. The van der Waals surface area contributed by atoms with Crippen molar-refractivity contribution in [3.8, 4) is 0 Å². The lowest BCUT2D eigenvalue weighted by Crippen LogP contribution is -2.45. The van der Waals surface area contributed by atoms with Gasteiger partial charge in [0.05, 0.1) is 16.9 Å². The molecule has 1 unspecified atom stereocenters. The molecule has 0 aromatic heterocycles. The summed E-state index contributed by atoms with van der Waals surface area (Å²) in [5.74, 6) is -0.357. The van der Waals surface area contributed by atoms with Gasteiger partial charge in [0.25, 0.3) is 0 Å². The third-order valence-electron chi connectivity index (χ3n) is 3.28. The number of rotatable bonds is 2. The molecule has 0 saturated heterocycles. The smallest absolute Gasteiger partial charge is 0.160 e. The molecule has 0 amide bonds. The van der Waals surface area contributed by atoms with Crippen LogP contribution < -0.4 is 10.6 Å². The maximum Gasteiger partial charge on any atom is 0.160 e. The molecule has 6 heteroatoms. The average molecular weight is 325 g/mol. The molecule has 108 valence electrons. The van der Waals surface area contributed by atoms with E-state index in [2.05, 4.69) is 4.99 Å². The lowest BCUT2D eigenvalue weighted by Gasteiger charge is -2.28. The minimum Gasteiger partial charge on any atom is -0.286 e. The Kier molecular flexibility index (Phi) is 3.85. The summed E-state index contributed by atoms with van der Waals surface area (Å²) in [6.45, 7) is 0. The van der Waals surface area contributed by atoms with Gasteiger partial charge >= 0.3 is 0 Å². The number of fused-ring (bicyclic) bond motifs is 1. The van der Waals surface area contributed by atoms with E-state index in [0.717, 1.165) is 5.06 Å². The zero-order valence-corrected chi connectivity index (χ0v) is 12.3. The molecule has 1 atom stereocenters. The van der Waals surface area contributed by atoms with Crippen molar-refractivity contribution in [2.24, 2.45) is 4.99 Å². The van der Waals surface area contributed by atoms with Crippen molar-refractivity contribution in [3.63, 3.8) is 0 Å². The van der Waals surface area contributed by atoms with E-state index in [9.17, 15) is 9.60 Å². The van der Waals surface area contributed by atoms with Gasteiger partial charge < -0.3 is 0 Å². The Balaban J connectivity index is 2.40. The third kappa shape index (κ3) is 2.50. The summed E-state index contributed by atoms with van der Waals surface area (Å²) in [7, 11) is 0. The number of alkyl halides is 1. The molecular weight excluding hydrogens is 314 g/mol. The fourth-order valence-corrected chi connectivity index (χ4v) is 2.69. The fourth-order valence-electron chi connectivity index (χ4n) is 2.32. The standard InChI is InChI=1S/C15H11Cl2FN2O/c16-8-14-19-13-6-5-9(17)7-11(13)15(20(14)21)10-3-1-2-4-12(10)18/h1-7,14,21H,8H2. The molecule has 0 fully saturated rings. The molecule has 1 N–H and O–H groups in total. The van der Waals surface area contributed by atoms with E-state index >= 15 is 0 Å². The number of hydroxylamine groups is 2. The normalized spacial score (nSPS) is 17.4. The van der Waals surface area contributed by atoms with E-state index < -0.39 is 12.0 Å². The Morgan fingerprint density at radius 3 is 2.71 bits per heavy atom. The second kappa shape index (κ2) is 5.64. The lowest BCUT2D eigenvalue weighted by atomic mass is 10.1. The van der Waals surface area contributed by atoms with Crippen LogP contribution in [0, 0.1) is 5.82 Å². The van der Waals surface area contributed by atoms with Crippen LogP contribution in [0.5, 0.6) is 0 Å². The minimum atomic E-state index is -0.671. The largest absolute Gasteiger partial charge is 0.286 e. The molecule has 0 spiro atoms. The molecule has 1 aliphatic rings. The number of hydrogen-bond acceptors (Lipinski definition) is 3. The molecule has 3 rings (SSSR count). The van der Waals surface area contributed by atoms with E-state index in [1.807, 2.05) is 0 Å². The predicted octanol–water partition coefficient (Wildman–Crippen LogP) is 2.52. The van der Waals surface area contributed by atoms with Crippen LogP contribution >= 0.6 is 23.2 Å². The zero-order valence-electron chi connectivity index (χ0n) is 10.8. The molecular formula is C15H11Cl2FN2O.